The molecule has 3 nitrogen and oxygen atoms in total. The smallest absolute Gasteiger partial charge is 0.164 e. The molecule has 1 saturated heterocycles. The Morgan fingerprint density at radius 2 is 1.88 bits per heavy atom. The lowest BCUT2D eigenvalue weighted by Crippen LogP contribution is -2.52. The van der Waals surface area contributed by atoms with Crippen LogP contribution >= 0.6 is 24.8 Å². The number of piperazine rings is 1. The standard InChI is InChI=1S/C20H23FN2O.2ClH/c21-18-8-4-7-17(14-18)20(24)9-11-23-12-10-22-15-19(23)13-16-5-2-1-3-6-16;;/h1-8,14,19,22H,9-13,15H2;2*1H. The molecule has 2 aromatic rings. The van der Waals surface area contributed by atoms with Crippen molar-refractivity contribution >= 4 is 30.6 Å². The van der Waals surface area contributed by atoms with Crippen LogP contribution in [-0.2, 0) is 6.42 Å². The van der Waals surface area contributed by atoms with E-state index in [1.54, 1.807) is 12.1 Å². The molecule has 0 radical (unpaired) electrons. The summed E-state index contributed by atoms with van der Waals surface area (Å²) in [6, 6.07) is 16.8. The largest absolute Gasteiger partial charge is 0.314 e. The van der Waals surface area contributed by atoms with Crippen LogP contribution in [0.4, 0.5) is 4.39 Å². The zero-order valence-corrected chi connectivity index (χ0v) is 16.2. The Balaban J connectivity index is 0.00000169. The molecule has 1 atom stereocenters. The highest BCUT2D eigenvalue weighted by Crippen LogP contribution is 2.13. The van der Waals surface area contributed by atoms with E-state index < -0.39 is 0 Å². The van der Waals surface area contributed by atoms with Crippen LogP contribution in [0.2, 0.25) is 0 Å². The van der Waals surface area contributed by atoms with Crippen LogP contribution in [0.5, 0.6) is 0 Å². The molecule has 0 saturated carbocycles. The molecule has 142 valence electrons. The molecular formula is C20H25Cl2FN2O. The summed E-state index contributed by atoms with van der Waals surface area (Å²) >= 11 is 0. The number of hydrogen-bond acceptors (Lipinski definition) is 3. The minimum atomic E-state index is -0.357. The third-order valence-electron chi connectivity index (χ3n) is 4.56. The van der Waals surface area contributed by atoms with Gasteiger partial charge >= 0.3 is 0 Å². The molecule has 1 unspecified atom stereocenters. The SMILES string of the molecule is Cl.Cl.O=C(CCN1CCNCC1Cc1ccccc1)c1cccc(F)c1. The zero-order valence-electron chi connectivity index (χ0n) is 14.6. The van der Waals surface area contributed by atoms with Gasteiger partial charge in [0, 0.05) is 44.2 Å². The maximum Gasteiger partial charge on any atom is 0.164 e. The Morgan fingerprint density at radius 3 is 2.62 bits per heavy atom. The maximum absolute atomic E-state index is 13.3. The van der Waals surface area contributed by atoms with Gasteiger partial charge in [-0.05, 0) is 24.1 Å². The van der Waals surface area contributed by atoms with Gasteiger partial charge in [-0.2, -0.15) is 0 Å². The molecule has 1 aliphatic heterocycles. The summed E-state index contributed by atoms with van der Waals surface area (Å²) in [7, 11) is 0. The van der Waals surface area contributed by atoms with Crippen molar-refractivity contribution in [1.29, 1.82) is 0 Å². The fourth-order valence-electron chi connectivity index (χ4n) is 3.24. The van der Waals surface area contributed by atoms with Crippen molar-refractivity contribution < 1.29 is 9.18 Å². The summed E-state index contributed by atoms with van der Waals surface area (Å²) in [5.74, 6) is -0.350. The minimum absolute atomic E-state index is 0. The topological polar surface area (TPSA) is 32.3 Å². The second-order valence-electron chi connectivity index (χ2n) is 6.27. The van der Waals surface area contributed by atoms with E-state index in [4.69, 9.17) is 0 Å². The van der Waals surface area contributed by atoms with Crippen molar-refractivity contribution in [2.24, 2.45) is 0 Å². The van der Waals surface area contributed by atoms with E-state index in [9.17, 15) is 9.18 Å². The second-order valence-corrected chi connectivity index (χ2v) is 6.27. The molecular weight excluding hydrogens is 374 g/mol. The van der Waals surface area contributed by atoms with Crippen LogP contribution in [0.15, 0.2) is 54.6 Å². The fraction of sp³-hybridized carbons (Fsp3) is 0.350. The molecule has 1 aliphatic rings. The van der Waals surface area contributed by atoms with Crippen molar-refractivity contribution in [1.82, 2.24) is 10.2 Å². The van der Waals surface area contributed by atoms with Crippen LogP contribution in [0, 0.1) is 5.82 Å². The van der Waals surface area contributed by atoms with Crippen LogP contribution in [-0.4, -0.2) is 42.9 Å². The van der Waals surface area contributed by atoms with Crippen molar-refractivity contribution in [3.05, 3.63) is 71.5 Å². The van der Waals surface area contributed by atoms with Gasteiger partial charge in [0.15, 0.2) is 5.78 Å². The van der Waals surface area contributed by atoms with Gasteiger partial charge in [0.05, 0.1) is 0 Å². The Bertz CT molecular complexity index is 685. The highest BCUT2D eigenvalue weighted by Gasteiger charge is 2.23. The number of Topliss-reactive ketones (excluding diaryl/α,β-unsaturated/α-hetero) is 1. The highest BCUT2D eigenvalue weighted by atomic mass is 35.5. The molecule has 6 heteroatoms. The highest BCUT2D eigenvalue weighted by molar-refractivity contribution is 5.96. The van der Waals surface area contributed by atoms with Gasteiger partial charge < -0.3 is 5.32 Å². The molecule has 26 heavy (non-hydrogen) atoms. The van der Waals surface area contributed by atoms with Crippen LogP contribution < -0.4 is 5.32 Å². The van der Waals surface area contributed by atoms with E-state index in [0.717, 1.165) is 26.1 Å². The number of benzene rings is 2. The van der Waals surface area contributed by atoms with E-state index >= 15 is 0 Å². The third-order valence-corrected chi connectivity index (χ3v) is 4.56. The lowest BCUT2D eigenvalue weighted by molar-refractivity contribution is 0.0935. The van der Waals surface area contributed by atoms with Crippen molar-refractivity contribution in [3.8, 4) is 0 Å². The Hall–Kier alpha value is -1.46. The first-order valence-electron chi connectivity index (χ1n) is 8.50. The molecule has 1 fully saturated rings. The monoisotopic (exact) mass is 398 g/mol. The molecule has 0 spiro atoms. The predicted octanol–water partition coefficient (Wildman–Crippen LogP) is 3.76. The number of rotatable bonds is 6. The molecule has 0 bridgehead atoms. The van der Waals surface area contributed by atoms with Crippen molar-refractivity contribution in [2.45, 2.75) is 18.9 Å². The number of hydrogen-bond donors (Lipinski definition) is 1. The van der Waals surface area contributed by atoms with E-state index in [-0.39, 0.29) is 36.4 Å². The van der Waals surface area contributed by atoms with E-state index in [1.807, 2.05) is 6.07 Å². The number of nitrogens with one attached hydrogen (secondary N) is 1. The lowest BCUT2D eigenvalue weighted by atomic mass is 10.0. The quantitative estimate of drug-likeness (QED) is 0.751. The average molecular weight is 399 g/mol. The summed E-state index contributed by atoms with van der Waals surface area (Å²) < 4.78 is 13.3. The van der Waals surface area contributed by atoms with Gasteiger partial charge in [-0.3, -0.25) is 9.69 Å². The molecule has 1 N–H and O–H groups in total. The van der Waals surface area contributed by atoms with Crippen LogP contribution in [0.25, 0.3) is 0 Å². The maximum atomic E-state index is 13.3. The molecule has 2 aromatic carbocycles. The number of carbonyl (C=O) groups is 1. The molecule has 0 aliphatic carbocycles. The number of ketones is 1. The fourth-order valence-corrected chi connectivity index (χ4v) is 3.24. The third kappa shape index (κ3) is 6.36. The molecule has 1 heterocycles. The Labute approximate surface area is 166 Å². The van der Waals surface area contributed by atoms with Crippen molar-refractivity contribution in [2.75, 3.05) is 26.2 Å². The van der Waals surface area contributed by atoms with Crippen molar-refractivity contribution in [3.63, 3.8) is 0 Å². The lowest BCUT2D eigenvalue weighted by Gasteiger charge is -2.36. The van der Waals surface area contributed by atoms with Crippen LogP contribution in [0.3, 0.4) is 0 Å². The summed E-state index contributed by atoms with van der Waals surface area (Å²) in [5, 5.41) is 3.44. The van der Waals surface area contributed by atoms with Crippen LogP contribution in [0.1, 0.15) is 22.3 Å². The Morgan fingerprint density at radius 1 is 1.12 bits per heavy atom. The average Bonchev–Trinajstić information content (AvgIpc) is 2.61. The van der Waals surface area contributed by atoms with Gasteiger partial charge in [0.25, 0.3) is 0 Å². The van der Waals surface area contributed by atoms with Gasteiger partial charge in [-0.1, -0.05) is 42.5 Å². The van der Waals surface area contributed by atoms with E-state index in [1.165, 1.54) is 17.7 Å². The second kappa shape index (κ2) is 11.3. The molecule has 0 aromatic heterocycles. The number of nitrogens with zero attached hydrogens (tertiary/aromatic N) is 1. The summed E-state index contributed by atoms with van der Waals surface area (Å²) in [6.45, 7) is 3.53. The predicted molar refractivity (Wildman–Crippen MR) is 108 cm³/mol. The number of halogens is 3. The first-order valence-corrected chi connectivity index (χ1v) is 8.50. The first-order chi connectivity index (χ1) is 11.7. The van der Waals surface area contributed by atoms with E-state index in [0.29, 0.717) is 24.6 Å². The minimum Gasteiger partial charge on any atom is -0.314 e. The summed E-state index contributed by atoms with van der Waals surface area (Å²) in [4.78, 5) is 14.7. The first kappa shape index (κ1) is 22.6. The summed E-state index contributed by atoms with van der Waals surface area (Å²) in [6.07, 6.45) is 1.40. The zero-order chi connectivity index (χ0) is 16.8. The van der Waals surface area contributed by atoms with E-state index in [2.05, 4.69) is 34.5 Å². The normalized spacial score (nSPS) is 17.0. The van der Waals surface area contributed by atoms with Gasteiger partial charge in [0.1, 0.15) is 5.82 Å². The van der Waals surface area contributed by atoms with Gasteiger partial charge in [0.2, 0.25) is 0 Å². The summed E-state index contributed by atoms with van der Waals surface area (Å²) in [5.41, 5.74) is 1.78. The van der Waals surface area contributed by atoms with Gasteiger partial charge in [-0.15, -0.1) is 24.8 Å². The molecule has 0 amide bonds. The number of carbonyl (C=O) groups excluding carboxylic acids is 1. The van der Waals surface area contributed by atoms with Gasteiger partial charge in [-0.25, -0.2) is 4.39 Å². The Kier molecular flexibility index (Phi) is 9.81. The molecule has 3 rings (SSSR count).